The Labute approximate surface area is 187 Å². The van der Waals surface area contributed by atoms with Crippen molar-refractivity contribution in [3.8, 4) is 0 Å². The first-order valence-electron chi connectivity index (χ1n) is 9.33. The Kier molecular flexibility index (Phi) is 8.50. The van der Waals surface area contributed by atoms with Crippen molar-refractivity contribution < 1.29 is 14.0 Å². The lowest BCUT2D eigenvalue weighted by Gasteiger charge is -2.36. The van der Waals surface area contributed by atoms with Gasteiger partial charge in [0, 0.05) is 38.3 Å². The molecule has 3 N–H and O–H groups in total. The van der Waals surface area contributed by atoms with Crippen LogP contribution in [0.5, 0.6) is 0 Å². The summed E-state index contributed by atoms with van der Waals surface area (Å²) in [6.45, 7) is 5.75. The van der Waals surface area contributed by atoms with Gasteiger partial charge >= 0.3 is 0 Å². The van der Waals surface area contributed by atoms with Crippen LogP contribution in [0.1, 0.15) is 33.4 Å². The molecule has 3 rings (SSSR count). The van der Waals surface area contributed by atoms with Gasteiger partial charge in [0.1, 0.15) is 0 Å². The highest BCUT2D eigenvalue weighted by Crippen LogP contribution is 2.11. The largest absolute Gasteiger partial charge is 0.459 e. The Balaban J connectivity index is 0.00000300. The number of furan rings is 1. The van der Waals surface area contributed by atoms with Crippen molar-refractivity contribution in [2.45, 2.75) is 13.5 Å². The molecule has 0 atom stereocenters. The first-order chi connectivity index (χ1) is 13.6. The highest BCUT2D eigenvalue weighted by Gasteiger charge is 2.25. The minimum absolute atomic E-state index is 0. The fraction of sp³-hybridized carbons (Fsp3) is 0.350. The molecule has 29 heavy (non-hydrogen) atoms. The van der Waals surface area contributed by atoms with Crippen molar-refractivity contribution in [3.05, 3.63) is 59.5 Å². The number of hydrogen-bond acceptors (Lipinski definition) is 4. The standard InChI is InChI=1S/C20H25N5O3.HI/c1-2-22-20(23-14-15-5-3-6-16(13-15)18(21)26)25-10-8-24(9-11-25)19(27)17-7-4-12-28-17;/h3-7,12-13H,2,8-11,14H2,1H3,(H2,21,26)(H,22,23);1H. The van der Waals surface area contributed by atoms with E-state index in [0.29, 0.717) is 44.0 Å². The fourth-order valence-electron chi connectivity index (χ4n) is 3.09. The zero-order valence-electron chi connectivity index (χ0n) is 16.3. The van der Waals surface area contributed by atoms with Crippen LogP contribution in [-0.4, -0.2) is 60.3 Å². The topological polar surface area (TPSA) is 104 Å². The number of hydrogen-bond donors (Lipinski definition) is 2. The van der Waals surface area contributed by atoms with Crippen molar-refractivity contribution in [1.82, 2.24) is 15.1 Å². The van der Waals surface area contributed by atoms with Crippen molar-refractivity contribution in [3.63, 3.8) is 0 Å². The Morgan fingerprint density at radius 1 is 1.14 bits per heavy atom. The number of nitrogens with zero attached hydrogens (tertiary/aromatic N) is 3. The maximum absolute atomic E-state index is 12.4. The maximum atomic E-state index is 12.4. The number of rotatable bonds is 5. The summed E-state index contributed by atoms with van der Waals surface area (Å²) in [6, 6.07) is 10.6. The third-order valence-electron chi connectivity index (χ3n) is 4.56. The number of nitrogens with one attached hydrogen (secondary N) is 1. The number of primary amides is 1. The molecular weight excluding hydrogens is 485 g/mol. The van der Waals surface area contributed by atoms with Crippen LogP contribution in [0.25, 0.3) is 0 Å². The molecule has 156 valence electrons. The van der Waals surface area contributed by atoms with E-state index >= 15 is 0 Å². The van der Waals surface area contributed by atoms with Crippen molar-refractivity contribution in [1.29, 1.82) is 0 Å². The third kappa shape index (κ3) is 5.96. The van der Waals surface area contributed by atoms with E-state index in [1.807, 2.05) is 13.0 Å². The predicted molar refractivity (Wildman–Crippen MR) is 121 cm³/mol. The summed E-state index contributed by atoms with van der Waals surface area (Å²) < 4.78 is 5.20. The summed E-state index contributed by atoms with van der Waals surface area (Å²) in [4.78, 5) is 32.3. The van der Waals surface area contributed by atoms with Crippen LogP contribution in [0, 0.1) is 0 Å². The molecule has 0 unspecified atom stereocenters. The molecule has 9 heteroatoms. The number of aliphatic imine (C=N–C) groups is 1. The van der Waals surface area contributed by atoms with Crippen LogP contribution >= 0.6 is 24.0 Å². The molecule has 1 aromatic heterocycles. The van der Waals surface area contributed by atoms with E-state index in [1.54, 1.807) is 35.2 Å². The van der Waals surface area contributed by atoms with Crippen LogP contribution < -0.4 is 11.1 Å². The first-order valence-corrected chi connectivity index (χ1v) is 9.33. The van der Waals surface area contributed by atoms with E-state index in [9.17, 15) is 9.59 Å². The second-order valence-corrected chi connectivity index (χ2v) is 6.49. The van der Waals surface area contributed by atoms with Gasteiger partial charge in [0.05, 0.1) is 12.8 Å². The molecule has 1 saturated heterocycles. The van der Waals surface area contributed by atoms with Crippen molar-refractivity contribution >= 4 is 41.8 Å². The molecule has 0 radical (unpaired) electrons. The van der Waals surface area contributed by atoms with Gasteiger partial charge in [-0.15, -0.1) is 24.0 Å². The summed E-state index contributed by atoms with van der Waals surface area (Å²) in [5.74, 6) is 0.616. The normalized spacial score (nSPS) is 14.3. The summed E-state index contributed by atoms with van der Waals surface area (Å²) in [6.07, 6.45) is 1.51. The van der Waals surface area contributed by atoms with E-state index in [0.717, 1.165) is 18.1 Å². The summed E-state index contributed by atoms with van der Waals surface area (Å²) in [5.41, 5.74) is 6.73. The van der Waals surface area contributed by atoms with Gasteiger partial charge in [0.15, 0.2) is 11.7 Å². The molecule has 8 nitrogen and oxygen atoms in total. The van der Waals surface area contributed by atoms with E-state index in [-0.39, 0.29) is 29.9 Å². The second-order valence-electron chi connectivity index (χ2n) is 6.49. The third-order valence-corrected chi connectivity index (χ3v) is 4.56. The lowest BCUT2D eigenvalue weighted by Crippen LogP contribution is -2.53. The van der Waals surface area contributed by atoms with Crippen LogP contribution in [0.4, 0.5) is 0 Å². The lowest BCUT2D eigenvalue weighted by atomic mass is 10.1. The molecule has 0 bridgehead atoms. The van der Waals surface area contributed by atoms with E-state index in [2.05, 4.69) is 15.2 Å². The van der Waals surface area contributed by atoms with E-state index in [4.69, 9.17) is 10.2 Å². The van der Waals surface area contributed by atoms with Gasteiger partial charge in [0.2, 0.25) is 5.91 Å². The van der Waals surface area contributed by atoms with Crippen molar-refractivity contribution in [2.24, 2.45) is 10.7 Å². The number of guanidine groups is 1. The molecular formula is C20H26IN5O3. The molecule has 2 heterocycles. The number of carbonyl (C=O) groups is 2. The van der Waals surface area contributed by atoms with Crippen LogP contribution in [0.2, 0.25) is 0 Å². The molecule has 1 fully saturated rings. The Morgan fingerprint density at radius 2 is 1.86 bits per heavy atom. The molecule has 2 amide bonds. The number of benzene rings is 1. The quantitative estimate of drug-likeness (QED) is 0.363. The predicted octanol–water partition coefficient (Wildman–Crippen LogP) is 1.92. The molecule has 2 aromatic rings. The minimum atomic E-state index is -0.449. The van der Waals surface area contributed by atoms with Gasteiger partial charge in [-0.2, -0.15) is 0 Å². The molecule has 1 aliphatic rings. The Hall–Kier alpha value is -2.56. The van der Waals surface area contributed by atoms with Gasteiger partial charge in [-0.1, -0.05) is 12.1 Å². The highest BCUT2D eigenvalue weighted by molar-refractivity contribution is 14.0. The number of amides is 2. The van der Waals surface area contributed by atoms with E-state index < -0.39 is 5.91 Å². The van der Waals surface area contributed by atoms with Gasteiger partial charge in [-0.25, -0.2) is 4.99 Å². The molecule has 1 aliphatic heterocycles. The van der Waals surface area contributed by atoms with Crippen LogP contribution in [-0.2, 0) is 6.54 Å². The number of piperazine rings is 1. The van der Waals surface area contributed by atoms with Gasteiger partial charge in [0.25, 0.3) is 5.91 Å². The first kappa shape index (κ1) is 22.7. The molecule has 0 saturated carbocycles. The van der Waals surface area contributed by atoms with Gasteiger partial charge in [-0.05, 0) is 36.8 Å². The number of halogens is 1. The minimum Gasteiger partial charge on any atom is -0.459 e. The smallest absolute Gasteiger partial charge is 0.289 e. The number of carbonyl (C=O) groups excluding carboxylic acids is 2. The maximum Gasteiger partial charge on any atom is 0.289 e. The summed E-state index contributed by atoms with van der Waals surface area (Å²) in [7, 11) is 0. The zero-order valence-corrected chi connectivity index (χ0v) is 18.7. The molecule has 1 aromatic carbocycles. The van der Waals surface area contributed by atoms with Gasteiger partial charge < -0.3 is 25.3 Å². The second kappa shape index (κ2) is 10.8. The lowest BCUT2D eigenvalue weighted by molar-refractivity contribution is 0.0657. The zero-order chi connectivity index (χ0) is 19.9. The highest BCUT2D eigenvalue weighted by atomic mass is 127. The Bertz CT molecular complexity index is 846. The van der Waals surface area contributed by atoms with Gasteiger partial charge in [-0.3, -0.25) is 9.59 Å². The molecule has 0 aliphatic carbocycles. The van der Waals surface area contributed by atoms with Crippen LogP contribution in [0.3, 0.4) is 0 Å². The van der Waals surface area contributed by atoms with E-state index in [1.165, 1.54) is 6.26 Å². The SMILES string of the molecule is CCNC(=NCc1cccc(C(N)=O)c1)N1CCN(C(=O)c2ccco2)CC1.I. The Morgan fingerprint density at radius 3 is 2.48 bits per heavy atom. The summed E-state index contributed by atoms with van der Waals surface area (Å²) in [5, 5.41) is 3.29. The average Bonchev–Trinajstić information content (AvgIpc) is 3.26. The monoisotopic (exact) mass is 511 g/mol. The molecule has 0 spiro atoms. The van der Waals surface area contributed by atoms with Crippen LogP contribution in [0.15, 0.2) is 52.1 Å². The number of nitrogens with two attached hydrogens (primary N) is 1. The fourth-order valence-corrected chi connectivity index (χ4v) is 3.09. The summed E-state index contributed by atoms with van der Waals surface area (Å²) >= 11 is 0. The average molecular weight is 511 g/mol. The van der Waals surface area contributed by atoms with Crippen molar-refractivity contribution in [2.75, 3.05) is 32.7 Å².